The maximum absolute atomic E-state index is 5.11. The largest absolute Gasteiger partial charge is 0.309 e. The van der Waals surface area contributed by atoms with Crippen LogP contribution in [0.15, 0.2) is 218 Å². The number of rotatable bonds is 6. The quantitative estimate of drug-likeness (QED) is 0.168. The van der Waals surface area contributed by atoms with Crippen LogP contribution in [0, 0.1) is 0 Å². The van der Waals surface area contributed by atoms with Crippen molar-refractivity contribution in [3.05, 3.63) is 218 Å². The molecule has 294 valence electrons. The third kappa shape index (κ3) is 5.48. The molecule has 6 heteroatoms. The minimum atomic E-state index is 0.582. The van der Waals surface area contributed by atoms with Crippen LogP contribution in [-0.2, 0) is 0 Å². The normalized spacial score (nSPS) is 11.8. The zero-order valence-electron chi connectivity index (χ0n) is 34.0. The third-order valence-electron chi connectivity index (χ3n) is 12.5. The van der Waals surface area contributed by atoms with E-state index >= 15 is 0 Å². The van der Waals surface area contributed by atoms with Gasteiger partial charge in [-0.3, -0.25) is 4.57 Å². The van der Waals surface area contributed by atoms with Crippen LogP contribution in [0.5, 0.6) is 0 Å². The molecule has 0 saturated carbocycles. The predicted molar refractivity (Wildman–Crippen MR) is 259 cm³/mol. The van der Waals surface area contributed by atoms with E-state index in [0.29, 0.717) is 17.6 Å². The van der Waals surface area contributed by atoms with Gasteiger partial charge in [-0.15, -0.1) is 0 Å². The Morgan fingerprint density at radius 3 is 1.40 bits per heavy atom. The van der Waals surface area contributed by atoms with Gasteiger partial charge in [0.2, 0.25) is 5.95 Å². The molecule has 13 rings (SSSR count). The molecular weight excluding hydrogens is 769 g/mol. The summed E-state index contributed by atoms with van der Waals surface area (Å²) in [6, 6.07) is 77.4. The van der Waals surface area contributed by atoms with Gasteiger partial charge in [0, 0.05) is 54.8 Å². The Balaban J connectivity index is 0.956. The second-order valence-corrected chi connectivity index (χ2v) is 16.0. The molecule has 0 spiro atoms. The average Bonchev–Trinajstić information content (AvgIpc) is 4.00. The molecule has 0 amide bonds. The fraction of sp³-hybridized carbons (Fsp3) is 0. The predicted octanol–water partition coefficient (Wildman–Crippen LogP) is 14.2. The second-order valence-electron chi connectivity index (χ2n) is 16.0. The van der Waals surface area contributed by atoms with Gasteiger partial charge < -0.3 is 9.13 Å². The van der Waals surface area contributed by atoms with Gasteiger partial charge in [0.25, 0.3) is 0 Å². The summed E-state index contributed by atoms with van der Waals surface area (Å²) in [6.45, 7) is 0. The highest BCUT2D eigenvalue weighted by atomic mass is 15.2. The minimum absolute atomic E-state index is 0.582. The van der Waals surface area contributed by atoms with Crippen LogP contribution >= 0.6 is 0 Å². The number of aromatic nitrogens is 6. The van der Waals surface area contributed by atoms with E-state index in [1.807, 2.05) is 60.7 Å². The maximum Gasteiger partial charge on any atom is 0.238 e. The lowest BCUT2D eigenvalue weighted by atomic mass is 10.0. The van der Waals surface area contributed by atoms with Crippen molar-refractivity contribution in [2.75, 3.05) is 0 Å². The lowest BCUT2D eigenvalue weighted by molar-refractivity contribution is 0.953. The smallest absolute Gasteiger partial charge is 0.238 e. The van der Waals surface area contributed by atoms with E-state index in [4.69, 9.17) is 15.0 Å². The van der Waals surface area contributed by atoms with E-state index < -0.39 is 0 Å². The molecule has 4 aromatic heterocycles. The molecule has 6 nitrogen and oxygen atoms in total. The summed E-state index contributed by atoms with van der Waals surface area (Å²) in [5.74, 6) is 1.85. The zero-order chi connectivity index (χ0) is 41.4. The summed E-state index contributed by atoms with van der Waals surface area (Å²) in [4.78, 5) is 15.2. The fourth-order valence-corrected chi connectivity index (χ4v) is 9.70. The van der Waals surface area contributed by atoms with E-state index in [9.17, 15) is 0 Å². The van der Waals surface area contributed by atoms with Gasteiger partial charge in [-0.25, -0.2) is 4.98 Å². The van der Waals surface area contributed by atoms with Crippen LogP contribution in [0.2, 0.25) is 0 Å². The molecule has 0 fully saturated rings. The molecule has 0 aliphatic rings. The van der Waals surface area contributed by atoms with Gasteiger partial charge in [0.15, 0.2) is 11.6 Å². The van der Waals surface area contributed by atoms with Crippen LogP contribution < -0.4 is 0 Å². The highest BCUT2D eigenvalue weighted by Crippen LogP contribution is 2.42. The first kappa shape index (κ1) is 35.2. The Bertz CT molecular complexity index is 3820. The first-order valence-electron chi connectivity index (χ1n) is 21.3. The SMILES string of the molecule is c1ccc(-c2nc(-c3ccccc3)nc(-n3c4ccccc4c4cc(-c5ccc(-n6c7ccccc7c7c6ccc6c8ccccc8n(-c8ccccc8)c67)cc5)ccc43)n2)cc1. The number of fused-ring (bicyclic) bond motifs is 10. The molecule has 0 unspecified atom stereocenters. The van der Waals surface area contributed by atoms with Gasteiger partial charge in [-0.1, -0.05) is 158 Å². The summed E-state index contributed by atoms with van der Waals surface area (Å²) in [5, 5.41) is 7.25. The first-order chi connectivity index (χ1) is 31.3. The first-order valence-corrected chi connectivity index (χ1v) is 21.3. The van der Waals surface area contributed by atoms with Gasteiger partial charge in [-0.2, -0.15) is 9.97 Å². The molecule has 9 aromatic carbocycles. The van der Waals surface area contributed by atoms with Crippen molar-refractivity contribution in [2.45, 2.75) is 0 Å². The Morgan fingerprint density at radius 2 is 0.746 bits per heavy atom. The van der Waals surface area contributed by atoms with Crippen molar-refractivity contribution in [1.29, 1.82) is 0 Å². The maximum atomic E-state index is 5.11. The van der Waals surface area contributed by atoms with Crippen molar-refractivity contribution in [3.63, 3.8) is 0 Å². The lowest BCUT2D eigenvalue weighted by Gasteiger charge is -2.11. The van der Waals surface area contributed by atoms with Crippen molar-refractivity contribution in [3.8, 4) is 51.2 Å². The molecule has 0 radical (unpaired) electrons. The van der Waals surface area contributed by atoms with Crippen LogP contribution in [-0.4, -0.2) is 28.7 Å². The third-order valence-corrected chi connectivity index (χ3v) is 12.5. The van der Waals surface area contributed by atoms with E-state index in [2.05, 4.69) is 171 Å². The number of benzene rings is 9. The Hall–Kier alpha value is -8.61. The lowest BCUT2D eigenvalue weighted by Crippen LogP contribution is -2.06. The van der Waals surface area contributed by atoms with Crippen LogP contribution in [0.4, 0.5) is 0 Å². The molecule has 0 saturated heterocycles. The average molecular weight is 805 g/mol. The Kier molecular flexibility index (Phi) is 7.80. The molecule has 0 bridgehead atoms. The summed E-state index contributed by atoms with van der Waals surface area (Å²) >= 11 is 0. The highest BCUT2D eigenvalue weighted by molar-refractivity contribution is 6.26. The van der Waals surface area contributed by atoms with Gasteiger partial charge in [0.1, 0.15) is 0 Å². The fourth-order valence-electron chi connectivity index (χ4n) is 9.70. The van der Waals surface area contributed by atoms with Crippen LogP contribution in [0.25, 0.3) is 117 Å². The number of hydrogen-bond donors (Lipinski definition) is 0. The molecule has 13 aromatic rings. The van der Waals surface area contributed by atoms with Gasteiger partial charge in [-0.05, 0) is 71.8 Å². The van der Waals surface area contributed by atoms with Gasteiger partial charge >= 0.3 is 0 Å². The number of hydrogen-bond acceptors (Lipinski definition) is 3. The topological polar surface area (TPSA) is 53.5 Å². The number of nitrogens with zero attached hydrogens (tertiary/aromatic N) is 6. The molecule has 4 heterocycles. The van der Waals surface area contributed by atoms with Gasteiger partial charge in [0.05, 0.1) is 33.1 Å². The van der Waals surface area contributed by atoms with Crippen LogP contribution in [0.3, 0.4) is 0 Å². The Morgan fingerprint density at radius 1 is 0.270 bits per heavy atom. The second kappa shape index (κ2) is 14.0. The summed E-state index contributed by atoms with van der Waals surface area (Å²) in [6.07, 6.45) is 0. The molecule has 0 atom stereocenters. The number of para-hydroxylation sites is 4. The van der Waals surface area contributed by atoms with Crippen molar-refractivity contribution >= 4 is 65.4 Å². The van der Waals surface area contributed by atoms with Crippen molar-refractivity contribution in [1.82, 2.24) is 28.7 Å². The van der Waals surface area contributed by atoms with Crippen LogP contribution in [0.1, 0.15) is 0 Å². The molecule has 0 aliphatic carbocycles. The molecule has 0 aliphatic heterocycles. The Labute approximate surface area is 362 Å². The van der Waals surface area contributed by atoms with E-state index in [1.165, 1.54) is 43.6 Å². The monoisotopic (exact) mass is 804 g/mol. The summed E-state index contributed by atoms with van der Waals surface area (Å²) in [7, 11) is 0. The summed E-state index contributed by atoms with van der Waals surface area (Å²) in [5.41, 5.74) is 13.3. The molecular formula is C57H36N6. The van der Waals surface area contributed by atoms with E-state index in [0.717, 1.165) is 55.4 Å². The standard InChI is InChI=1S/C57H36N6/c1-4-16-38(17-5-1)55-58-56(39-18-6-2-7-19-39)60-57(59-55)63-49-26-14-11-23-44(49)47-36-40(30-34-51(47)63)37-28-31-42(32-29-37)61-50-27-15-12-24-46(50)53-52(61)35-33-45-43-22-10-13-25-48(43)62(54(45)53)41-20-8-3-9-21-41/h1-36H. The zero-order valence-corrected chi connectivity index (χ0v) is 34.0. The van der Waals surface area contributed by atoms with E-state index in [-0.39, 0.29) is 0 Å². The molecule has 63 heavy (non-hydrogen) atoms. The molecule has 0 N–H and O–H groups in total. The van der Waals surface area contributed by atoms with Crippen molar-refractivity contribution < 1.29 is 0 Å². The van der Waals surface area contributed by atoms with Crippen molar-refractivity contribution in [2.24, 2.45) is 0 Å². The minimum Gasteiger partial charge on any atom is -0.309 e. The van der Waals surface area contributed by atoms with E-state index in [1.54, 1.807) is 0 Å². The highest BCUT2D eigenvalue weighted by Gasteiger charge is 2.22. The summed E-state index contributed by atoms with van der Waals surface area (Å²) < 4.78 is 7.03.